The Morgan fingerprint density at radius 3 is 2.50 bits per heavy atom. The van der Waals surface area contributed by atoms with Crippen LogP contribution in [0.2, 0.25) is 0 Å². The first kappa shape index (κ1) is 19.8. The van der Waals surface area contributed by atoms with Crippen LogP contribution in [-0.4, -0.2) is 15.9 Å². The van der Waals surface area contributed by atoms with Gasteiger partial charge in [-0.25, -0.2) is 9.37 Å². The summed E-state index contributed by atoms with van der Waals surface area (Å²) < 4.78 is 12.9. The second-order valence-electron chi connectivity index (χ2n) is 6.29. The lowest BCUT2D eigenvalue weighted by Gasteiger charge is -2.08. The van der Waals surface area contributed by atoms with Crippen molar-refractivity contribution in [3.63, 3.8) is 0 Å². The van der Waals surface area contributed by atoms with Gasteiger partial charge in [0.25, 0.3) is 5.56 Å². The number of aromatic amines is 1. The lowest BCUT2D eigenvalue weighted by Crippen LogP contribution is -2.28. The number of hydrogen-bond acceptors (Lipinski definition) is 4. The summed E-state index contributed by atoms with van der Waals surface area (Å²) >= 11 is 1.44. The second-order valence-corrected chi connectivity index (χ2v) is 7.25. The molecule has 0 aliphatic carbocycles. The van der Waals surface area contributed by atoms with Crippen molar-refractivity contribution < 1.29 is 9.18 Å². The lowest BCUT2D eigenvalue weighted by atomic mass is 10.1. The summed E-state index contributed by atoms with van der Waals surface area (Å²) in [4.78, 5) is 31.7. The molecule has 1 aromatic heterocycles. The zero-order chi connectivity index (χ0) is 19.9. The molecule has 2 N–H and O–H groups in total. The van der Waals surface area contributed by atoms with E-state index in [-0.39, 0.29) is 30.2 Å². The molecule has 1 amide bonds. The number of benzene rings is 2. The Balaban J connectivity index is 1.59. The minimum Gasteiger partial charge on any atom is -0.352 e. The van der Waals surface area contributed by atoms with E-state index in [1.165, 1.54) is 23.9 Å². The van der Waals surface area contributed by atoms with E-state index in [0.717, 1.165) is 11.1 Å². The van der Waals surface area contributed by atoms with Crippen LogP contribution < -0.4 is 10.9 Å². The molecule has 0 saturated heterocycles. The summed E-state index contributed by atoms with van der Waals surface area (Å²) in [5.74, 6) is 0.0821. The number of carbonyl (C=O) groups is 1. The molecule has 3 aromatic rings. The molecular formula is C21H20FN3O2S. The van der Waals surface area contributed by atoms with Crippen molar-refractivity contribution in [1.29, 1.82) is 0 Å². The van der Waals surface area contributed by atoms with Gasteiger partial charge in [0.15, 0.2) is 5.16 Å². The normalized spacial score (nSPS) is 10.6. The summed E-state index contributed by atoms with van der Waals surface area (Å²) in [6.07, 6.45) is -0.0566. The third kappa shape index (κ3) is 5.53. The van der Waals surface area contributed by atoms with Gasteiger partial charge in [0.2, 0.25) is 5.91 Å². The first-order chi connectivity index (χ1) is 13.5. The maximum Gasteiger partial charge on any atom is 0.255 e. The first-order valence-electron chi connectivity index (χ1n) is 8.79. The Bertz CT molecular complexity index is 1000. The fourth-order valence-electron chi connectivity index (χ4n) is 2.61. The van der Waals surface area contributed by atoms with E-state index in [1.807, 2.05) is 30.3 Å². The minimum absolute atomic E-state index is 0.0566. The van der Waals surface area contributed by atoms with Gasteiger partial charge in [-0.05, 0) is 30.2 Å². The van der Waals surface area contributed by atoms with Crippen molar-refractivity contribution in [2.75, 3.05) is 0 Å². The van der Waals surface area contributed by atoms with E-state index in [0.29, 0.717) is 22.2 Å². The molecule has 0 unspecified atom stereocenters. The zero-order valence-electron chi connectivity index (χ0n) is 15.4. The summed E-state index contributed by atoms with van der Waals surface area (Å²) in [5.41, 5.74) is 2.50. The molecule has 0 saturated carbocycles. The van der Waals surface area contributed by atoms with Gasteiger partial charge in [-0.1, -0.05) is 54.2 Å². The van der Waals surface area contributed by atoms with Crippen LogP contribution in [0.5, 0.6) is 0 Å². The smallest absolute Gasteiger partial charge is 0.255 e. The van der Waals surface area contributed by atoms with Gasteiger partial charge >= 0.3 is 0 Å². The second kappa shape index (κ2) is 9.32. The van der Waals surface area contributed by atoms with E-state index in [9.17, 15) is 14.0 Å². The Kier molecular flexibility index (Phi) is 6.60. The Labute approximate surface area is 166 Å². The Morgan fingerprint density at radius 1 is 1.11 bits per heavy atom. The van der Waals surface area contributed by atoms with Gasteiger partial charge in [0.1, 0.15) is 5.82 Å². The van der Waals surface area contributed by atoms with Gasteiger partial charge in [0, 0.05) is 23.6 Å². The van der Waals surface area contributed by atoms with Crippen LogP contribution in [0.25, 0.3) is 0 Å². The fourth-order valence-corrected chi connectivity index (χ4v) is 3.48. The first-order valence-corrected chi connectivity index (χ1v) is 9.77. The summed E-state index contributed by atoms with van der Waals surface area (Å²) in [6.45, 7) is 2.00. The molecule has 3 rings (SSSR count). The van der Waals surface area contributed by atoms with Crippen LogP contribution in [0.1, 0.15) is 22.4 Å². The van der Waals surface area contributed by atoms with Crippen LogP contribution in [0, 0.1) is 12.7 Å². The molecule has 1 heterocycles. The molecule has 144 valence electrons. The summed E-state index contributed by atoms with van der Waals surface area (Å²) in [5, 5.41) is 3.26. The third-order valence-electron chi connectivity index (χ3n) is 4.16. The topological polar surface area (TPSA) is 74.8 Å². The number of H-pyrrole nitrogens is 1. The molecule has 0 aliphatic heterocycles. The van der Waals surface area contributed by atoms with E-state index in [4.69, 9.17) is 0 Å². The van der Waals surface area contributed by atoms with Crippen LogP contribution in [0.3, 0.4) is 0 Å². The quantitative estimate of drug-likeness (QED) is 0.474. The average molecular weight is 397 g/mol. The lowest BCUT2D eigenvalue weighted by molar-refractivity contribution is -0.120. The molecule has 5 nitrogen and oxygen atoms in total. The monoisotopic (exact) mass is 397 g/mol. The van der Waals surface area contributed by atoms with Crippen molar-refractivity contribution in [3.05, 3.63) is 93.2 Å². The van der Waals surface area contributed by atoms with Crippen LogP contribution in [0.4, 0.5) is 4.39 Å². The van der Waals surface area contributed by atoms with Crippen molar-refractivity contribution >= 4 is 17.7 Å². The number of halogens is 1. The third-order valence-corrected chi connectivity index (χ3v) is 5.10. The van der Waals surface area contributed by atoms with Crippen molar-refractivity contribution in [1.82, 2.24) is 15.3 Å². The number of hydrogen-bond donors (Lipinski definition) is 2. The highest BCUT2D eigenvalue weighted by Gasteiger charge is 2.13. The zero-order valence-corrected chi connectivity index (χ0v) is 16.2. The van der Waals surface area contributed by atoms with Crippen molar-refractivity contribution in [3.8, 4) is 0 Å². The number of nitrogens with zero attached hydrogens (tertiary/aromatic N) is 1. The molecule has 0 radical (unpaired) electrons. The molecule has 2 aromatic carbocycles. The van der Waals surface area contributed by atoms with Gasteiger partial charge in [-0.15, -0.1) is 0 Å². The predicted octanol–water partition coefficient (Wildman–Crippen LogP) is 3.37. The molecule has 0 bridgehead atoms. The Hall–Kier alpha value is -2.93. The standard InChI is InChI=1S/C21H20FN3O2S/c1-14-18(11-19(26)23-12-15-7-9-17(22)10-8-15)20(27)25-21(24-14)28-13-16-5-3-2-4-6-16/h2-10H,11-13H2,1H3,(H,23,26)(H,24,25,27). The van der Waals surface area contributed by atoms with E-state index >= 15 is 0 Å². The molecule has 28 heavy (non-hydrogen) atoms. The van der Waals surface area contributed by atoms with Crippen molar-refractivity contribution in [2.24, 2.45) is 0 Å². The van der Waals surface area contributed by atoms with Gasteiger partial charge < -0.3 is 10.3 Å². The number of thioether (sulfide) groups is 1. The highest BCUT2D eigenvalue weighted by Crippen LogP contribution is 2.18. The molecule has 0 spiro atoms. The highest BCUT2D eigenvalue weighted by molar-refractivity contribution is 7.98. The number of rotatable bonds is 7. The number of aromatic nitrogens is 2. The SMILES string of the molecule is Cc1nc(SCc2ccccc2)[nH]c(=O)c1CC(=O)NCc1ccc(F)cc1. The number of carbonyl (C=O) groups excluding carboxylic acids is 1. The minimum atomic E-state index is -0.325. The summed E-state index contributed by atoms with van der Waals surface area (Å²) in [7, 11) is 0. The predicted molar refractivity (Wildman–Crippen MR) is 108 cm³/mol. The van der Waals surface area contributed by atoms with Gasteiger partial charge in [-0.2, -0.15) is 0 Å². The average Bonchev–Trinajstić information content (AvgIpc) is 2.69. The molecule has 0 atom stereocenters. The number of aryl methyl sites for hydroxylation is 1. The molecular weight excluding hydrogens is 377 g/mol. The molecule has 0 aliphatic rings. The van der Waals surface area contributed by atoms with E-state index in [2.05, 4.69) is 15.3 Å². The maximum atomic E-state index is 12.9. The Morgan fingerprint density at radius 2 is 1.82 bits per heavy atom. The maximum absolute atomic E-state index is 12.9. The fraction of sp³-hybridized carbons (Fsp3) is 0.190. The molecule has 0 fully saturated rings. The van der Waals surface area contributed by atoms with Crippen molar-refractivity contribution in [2.45, 2.75) is 30.8 Å². The van der Waals surface area contributed by atoms with E-state index < -0.39 is 0 Å². The van der Waals surface area contributed by atoms with Gasteiger partial charge in [0.05, 0.1) is 6.42 Å². The number of amides is 1. The van der Waals surface area contributed by atoms with Gasteiger partial charge in [-0.3, -0.25) is 9.59 Å². The van der Waals surface area contributed by atoms with Crippen LogP contribution in [0.15, 0.2) is 64.5 Å². The largest absolute Gasteiger partial charge is 0.352 e. The number of nitrogens with one attached hydrogen (secondary N) is 2. The summed E-state index contributed by atoms with van der Waals surface area (Å²) in [6, 6.07) is 15.8. The van der Waals surface area contributed by atoms with E-state index in [1.54, 1.807) is 19.1 Å². The van der Waals surface area contributed by atoms with Crippen LogP contribution in [-0.2, 0) is 23.5 Å². The highest BCUT2D eigenvalue weighted by atomic mass is 32.2. The van der Waals surface area contributed by atoms with Crippen LogP contribution >= 0.6 is 11.8 Å². The molecule has 7 heteroatoms.